The smallest absolute Gasteiger partial charge is 0.233 e. The van der Waals surface area contributed by atoms with Crippen LogP contribution < -0.4 is 26.3 Å². The molecule has 1 heterocycles. The van der Waals surface area contributed by atoms with Crippen molar-refractivity contribution in [3.63, 3.8) is 0 Å². The van der Waals surface area contributed by atoms with Gasteiger partial charge in [-0.1, -0.05) is 6.07 Å². The average Bonchev–Trinajstić information content (AvgIpc) is 2.63. The molecular formula is C16H22N6O3S. The Hall–Kier alpha value is -2.75. The zero-order valence-electron chi connectivity index (χ0n) is 14.9. The van der Waals surface area contributed by atoms with Crippen molar-refractivity contribution in [1.82, 2.24) is 20.3 Å². The molecule has 140 valence electrons. The van der Waals surface area contributed by atoms with Crippen LogP contribution in [0.5, 0.6) is 11.5 Å². The maximum Gasteiger partial charge on any atom is 0.233 e. The van der Waals surface area contributed by atoms with Gasteiger partial charge in [-0.05, 0) is 24.6 Å². The Morgan fingerprint density at radius 3 is 2.42 bits per heavy atom. The second-order valence-corrected chi connectivity index (χ2v) is 6.66. The van der Waals surface area contributed by atoms with Crippen LogP contribution in [0.2, 0.25) is 0 Å². The lowest BCUT2D eigenvalue weighted by molar-refractivity contribution is -0.120. The van der Waals surface area contributed by atoms with Crippen molar-refractivity contribution < 1.29 is 14.3 Å². The van der Waals surface area contributed by atoms with Gasteiger partial charge in [0.2, 0.25) is 17.8 Å². The average molecular weight is 378 g/mol. The Balaban J connectivity index is 1.87. The molecule has 2 rings (SSSR count). The summed E-state index contributed by atoms with van der Waals surface area (Å²) in [5.74, 6) is 2.15. The third-order valence-electron chi connectivity index (χ3n) is 3.46. The topological polar surface area (TPSA) is 138 Å². The first kappa shape index (κ1) is 19.6. The van der Waals surface area contributed by atoms with Crippen LogP contribution in [0.3, 0.4) is 0 Å². The highest BCUT2D eigenvalue weighted by molar-refractivity contribution is 7.99. The third kappa shape index (κ3) is 5.38. The van der Waals surface area contributed by atoms with E-state index in [-0.39, 0.29) is 23.1 Å². The van der Waals surface area contributed by atoms with E-state index in [9.17, 15) is 4.79 Å². The maximum atomic E-state index is 12.3. The van der Waals surface area contributed by atoms with Crippen molar-refractivity contribution in [3.05, 3.63) is 29.6 Å². The molecular weight excluding hydrogens is 356 g/mol. The van der Waals surface area contributed by atoms with E-state index in [0.717, 1.165) is 5.56 Å². The molecule has 9 nitrogen and oxygen atoms in total. The Labute approximate surface area is 155 Å². The van der Waals surface area contributed by atoms with Gasteiger partial charge >= 0.3 is 0 Å². The zero-order chi connectivity index (χ0) is 19.1. The number of anilines is 2. The highest BCUT2D eigenvalue weighted by Crippen LogP contribution is 2.27. The van der Waals surface area contributed by atoms with E-state index < -0.39 is 0 Å². The number of hydrogen-bond donors (Lipinski definition) is 3. The Kier molecular flexibility index (Phi) is 6.84. The summed E-state index contributed by atoms with van der Waals surface area (Å²) >= 11 is 1.38. The minimum atomic E-state index is -0.297. The molecule has 0 saturated heterocycles. The normalized spacial score (nSPS) is 11.7. The van der Waals surface area contributed by atoms with Gasteiger partial charge in [-0.3, -0.25) is 4.79 Å². The van der Waals surface area contributed by atoms with E-state index in [0.29, 0.717) is 29.6 Å². The molecule has 0 fully saturated rings. The van der Waals surface area contributed by atoms with Crippen molar-refractivity contribution in [3.8, 4) is 11.5 Å². The summed E-state index contributed by atoms with van der Waals surface area (Å²) < 4.78 is 10.5. The van der Waals surface area contributed by atoms with E-state index >= 15 is 0 Å². The fourth-order valence-electron chi connectivity index (χ4n) is 2.12. The standard InChI is InChI=1S/C16H22N6O3S/c1-9(26-8-13-20-15(17)22-16(18)21-13)14(23)19-7-10-4-5-11(24-2)12(6-10)25-3/h4-6,9H,7-8H2,1-3H3,(H,19,23)(H4,17,18,20,21,22). The number of thioether (sulfide) groups is 1. The summed E-state index contributed by atoms with van der Waals surface area (Å²) in [6, 6.07) is 5.50. The molecule has 10 heteroatoms. The molecule has 1 atom stereocenters. The zero-order valence-corrected chi connectivity index (χ0v) is 15.7. The lowest BCUT2D eigenvalue weighted by Crippen LogP contribution is -2.30. The van der Waals surface area contributed by atoms with Gasteiger partial charge in [0, 0.05) is 6.54 Å². The van der Waals surface area contributed by atoms with Gasteiger partial charge in [0.1, 0.15) is 5.82 Å². The molecule has 1 aromatic carbocycles. The molecule has 1 amide bonds. The number of carbonyl (C=O) groups excluding carboxylic acids is 1. The van der Waals surface area contributed by atoms with Gasteiger partial charge in [-0.2, -0.15) is 15.0 Å². The number of hydrogen-bond acceptors (Lipinski definition) is 9. The second-order valence-electron chi connectivity index (χ2n) is 5.33. The molecule has 0 aliphatic heterocycles. The van der Waals surface area contributed by atoms with Gasteiger partial charge in [0.15, 0.2) is 11.5 Å². The fraction of sp³-hybridized carbons (Fsp3) is 0.375. The Bertz CT molecular complexity index is 753. The van der Waals surface area contributed by atoms with Crippen molar-refractivity contribution in [2.24, 2.45) is 0 Å². The number of carbonyl (C=O) groups is 1. The molecule has 0 aliphatic rings. The summed E-state index contributed by atoms with van der Waals surface area (Å²) in [7, 11) is 3.14. The molecule has 1 aromatic heterocycles. The summed E-state index contributed by atoms with van der Waals surface area (Å²) in [6.45, 7) is 2.19. The Morgan fingerprint density at radius 1 is 1.15 bits per heavy atom. The van der Waals surface area contributed by atoms with Gasteiger partial charge in [0.25, 0.3) is 0 Å². The van der Waals surface area contributed by atoms with Crippen LogP contribution in [0.1, 0.15) is 18.3 Å². The summed E-state index contributed by atoms with van der Waals surface area (Å²) in [6.07, 6.45) is 0. The van der Waals surface area contributed by atoms with Crippen LogP contribution in [0, 0.1) is 0 Å². The SMILES string of the molecule is COc1ccc(CNC(=O)C(C)SCc2nc(N)nc(N)n2)cc1OC. The van der Waals surface area contributed by atoms with E-state index in [2.05, 4.69) is 20.3 Å². The van der Waals surface area contributed by atoms with Crippen molar-refractivity contribution >= 4 is 29.6 Å². The van der Waals surface area contributed by atoms with E-state index in [1.54, 1.807) is 20.3 Å². The highest BCUT2D eigenvalue weighted by atomic mass is 32.2. The predicted molar refractivity (Wildman–Crippen MR) is 101 cm³/mol. The fourth-order valence-corrected chi connectivity index (χ4v) is 2.88. The lowest BCUT2D eigenvalue weighted by Gasteiger charge is -2.13. The number of aromatic nitrogens is 3. The van der Waals surface area contributed by atoms with Crippen LogP contribution in [0.25, 0.3) is 0 Å². The van der Waals surface area contributed by atoms with Gasteiger partial charge in [-0.25, -0.2) is 0 Å². The van der Waals surface area contributed by atoms with Crippen LogP contribution in [-0.2, 0) is 17.1 Å². The van der Waals surface area contributed by atoms with Crippen LogP contribution in [0.15, 0.2) is 18.2 Å². The van der Waals surface area contributed by atoms with Gasteiger partial charge in [0.05, 0.1) is 25.2 Å². The van der Waals surface area contributed by atoms with E-state index in [4.69, 9.17) is 20.9 Å². The van der Waals surface area contributed by atoms with Crippen LogP contribution in [0.4, 0.5) is 11.9 Å². The first-order valence-electron chi connectivity index (χ1n) is 7.79. The lowest BCUT2D eigenvalue weighted by atomic mass is 10.2. The molecule has 1 unspecified atom stereocenters. The molecule has 0 aliphatic carbocycles. The van der Waals surface area contributed by atoms with E-state index in [1.165, 1.54) is 11.8 Å². The van der Waals surface area contributed by atoms with Crippen molar-refractivity contribution in [1.29, 1.82) is 0 Å². The Morgan fingerprint density at radius 2 is 1.81 bits per heavy atom. The largest absolute Gasteiger partial charge is 0.493 e. The number of nitrogens with two attached hydrogens (primary N) is 2. The number of nitrogen functional groups attached to an aromatic ring is 2. The molecule has 0 spiro atoms. The number of amides is 1. The number of nitrogens with one attached hydrogen (secondary N) is 1. The number of rotatable bonds is 8. The number of methoxy groups -OCH3 is 2. The minimum absolute atomic E-state index is 0.0682. The van der Waals surface area contributed by atoms with Gasteiger partial charge in [-0.15, -0.1) is 11.8 Å². The highest BCUT2D eigenvalue weighted by Gasteiger charge is 2.15. The summed E-state index contributed by atoms with van der Waals surface area (Å²) in [4.78, 5) is 24.0. The first-order chi connectivity index (χ1) is 12.4. The van der Waals surface area contributed by atoms with Crippen molar-refractivity contribution in [2.75, 3.05) is 25.7 Å². The van der Waals surface area contributed by atoms with Gasteiger partial charge < -0.3 is 26.3 Å². The number of ether oxygens (including phenoxy) is 2. The van der Waals surface area contributed by atoms with Crippen LogP contribution >= 0.6 is 11.8 Å². The minimum Gasteiger partial charge on any atom is -0.493 e. The molecule has 0 bridgehead atoms. The molecule has 2 aromatic rings. The molecule has 5 N–H and O–H groups in total. The molecule has 26 heavy (non-hydrogen) atoms. The van der Waals surface area contributed by atoms with Crippen molar-refractivity contribution in [2.45, 2.75) is 24.5 Å². The number of nitrogens with zero attached hydrogens (tertiary/aromatic N) is 3. The number of benzene rings is 1. The second kappa shape index (κ2) is 9.09. The summed E-state index contributed by atoms with van der Waals surface area (Å²) in [5, 5.41) is 2.59. The molecule has 0 saturated carbocycles. The monoisotopic (exact) mass is 378 g/mol. The van der Waals surface area contributed by atoms with Crippen LogP contribution in [-0.4, -0.2) is 40.3 Å². The predicted octanol–water partition coefficient (Wildman–Crippen LogP) is 0.991. The molecule has 0 radical (unpaired) electrons. The first-order valence-corrected chi connectivity index (χ1v) is 8.84. The van der Waals surface area contributed by atoms with E-state index in [1.807, 2.05) is 19.1 Å². The summed E-state index contributed by atoms with van der Waals surface area (Å²) in [5.41, 5.74) is 12.0. The third-order valence-corrected chi connectivity index (χ3v) is 4.60. The quantitative estimate of drug-likeness (QED) is 0.613. The maximum absolute atomic E-state index is 12.3.